The van der Waals surface area contributed by atoms with Gasteiger partial charge in [0.1, 0.15) is 0 Å². The molecule has 4 nitrogen and oxygen atoms in total. The van der Waals surface area contributed by atoms with E-state index in [2.05, 4.69) is 194 Å². The van der Waals surface area contributed by atoms with Gasteiger partial charge in [0.15, 0.2) is 17.5 Å². The molecule has 8 aromatic carbocycles. The molecular weight excluding hydrogens is 737 g/mol. The Morgan fingerprint density at radius 3 is 1.24 bits per heavy atom. The molecule has 0 N–H and O–H groups in total. The van der Waals surface area contributed by atoms with Gasteiger partial charge in [-0.1, -0.05) is 194 Å². The molecule has 0 saturated heterocycles. The van der Waals surface area contributed by atoms with Crippen molar-refractivity contribution in [2.75, 3.05) is 0 Å². The SMILES string of the molecule is c1ccc(-c2ccc(-c3nc(-c4ccc(-c5ccccc5)cc4)nc(-c4ccc(-c5nc6cccc(-c7ccccc7)c6c6sc7ccccc7c56)cc4)n3)cc2)cc1. The van der Waals surface area contributed by atoms with Crippen molar-refractivity contribution in [1.82, 2.24) is 19.9 Å². The summed E-state index contributed by atoms with van der Waals surface area (Å²) in [5.41, 5.74) is 12.7. The monoisotopic (exact) mass is 770 g/mol. The van der Waals surface area contributed by atoms with Crippen molar-refractivity contribution >= 4 is 42.4 Å². The lowest BCUT2D eigenvalue weighted by atomic mass is 9.96. The number of rotatable bonds is 7. The largest absolute Gasteiger partial charge is 0.247 e. The summed E-state index contributed by atoms with van der Waals surface area (Å²) in [4.78, 5) is 20.7. The third-order valence-electron chi connectivity index (χ3n) is 11.0. The number of nitrogens with zero attached hydrogens (tertiary/aromatic N) is 4. The average Bonchev–Trinajstić information content (AvgIpc) is 3.72. The van der Waals surface area contributed by atoms with Crippen molar-refractivity contribution in [2.45, 2.75) is 0 Å². The number of pyridine rings is 1. The molecule has 59 heavy (non-hydrogen) atoms. The van der Waals surface area contributed by atoms with Crippen molar-refractivity contribution in [3.63, 3.8) is 0 Å². The molecule has 0 radical (unpaired) electrons. The molecule has 0 atom stereocenters. The third-order valence-corrected chi connectivity index (χ3v) is 12.2. The highest BCUT2D eigenvalue weighted by atomic mass is 32.1. The number of hydrogen-bond acceptors (Lipinski definition) is 5. The molecule has 3 aromatic heterocycles. The molecule has 0 bridgehead atoms. The lowest BCUT2D eigenvalue weighted by molar-refractivity contribution is 1.07. The van der Waals surface area contributed by atoms with Crippen LogP contribution >= 0.6 is 11.3 Å². The van der Waals surface area contributed by atoms with Gasteiger partial charge in [-0.2, -0.15) is 0 Å². The number of thiophene rings is 1. The predicted molar refractivity (Wildman–Crippen MR) is 246 cm³/mol. The maximum absolute atomic E-state index is 5.42. The zero-order valence-corrected chi connectivity index (χ0v) is 32.6. The fourth-order valence-electron chi connectivity index (χ4n) is 8.00. The van der Waals surface area contributed by atoms with Gasteiger partial charge in [-0.05, 0) is 45.5 Å². The average molecular weight is 771 g/mol. The molecule has 11 rings (SSSR count). The zero-order chi connectivity index (χ0) is 39.1. The van der Waals surface area contributed by atoms with Crippen LogP contribution in [0.1, 0.15) is 0 Å². The topological polar surface area (TPSA) is 51.6 Å². The van der Waals surface area contributed by atoms with E-state index < -0.39 is 0 Å². The Morgan fingerprint density at radius 2 is 0.712 bits per heavy atom. The van der Waals surface area contributed by atoms with Crippen LogP contribution in [0.5, 0.6) is 0 Å². The molecule has 0 aliphatic heterocycles. The van der Waals surface area contributed by atoms with Crippen molar-refractivity contribution in [3.8, 4) is 78.8 Å². The van der Waals surface area contributed by atoms with Gasteiger partial charge in [0.25, 0.3) is 0 Å². The van der Waals surface area contributed by atoms with Crippen molar-refractivity contribution < 1.29 is 0 Å². The lowest BCUT2D eigenvalue weighted by Gasteiger charge is -2.12. The lowest BCUT2D eigenvalue weighted by Crippen LogP contribution is -2.00. The Morgan fingerprint density at radius 1 is 0.288 bits per heavy atom. The van der Waals surface area contributed by atoms with Crippen LogP contribution in [0.3, 0.4) is 0 Å². The highest BCUT2D eigenvalue weighted by molar-refractivity contribution is 7.26. The standard InChI is InChI=1S/C54H34N4S/c1-4-13-35(14-5-1)37-23-29-41(30-24-37)52-56-53(42-31-25-38(26-32-42)36-15-6-2-7-16-36)58-54(57-52)43-33-27-40(28-34-43)50-49-45-19-10-11-22-47(45)59-51(49)48-44(20-12-21-46(48)55-50)39-17-8-3-9-18-39/h1-34H. The van der Waals surface area contributed by atoms with Crippen LogP contribution < -0.4 is 0 Å². The first kappa shape index (κ1) is 34.6. The normalized spacial score (nSPS) is 11.4. The molecule has 3 heterocycles. The molecule has 0 amide bonds. The molecule has 5 heteroatoms. The fraction of sp³-hybridized carbons (Fsp3) is 0. The maximum atomic E-state index is 5.42. The Hall–Kier alpha value is -7.60. The minimum atomic E-state index is 0.612. The van der Waals surface area contributed by atoms with Gasteiger partial charge in [-0.25, -0.2) is 19.9 Å². The summed E-state index contributed by atoms with van der Waals surface area (Å²) in [6, 6.07) is 72.0. The second kappa shape index (κ2) is 14.7. The van der Waals surface area contributed by atoms with Crippen LogP contribution in [0.15, 0.2) is 206 Å². The van der Waals surface area contributed by atoms with E-state index in [4.69, 9.17) is 19.9 Å². The second-order valence-corrected chi connectivity index (χ2v) is 15.7. The molecule has 0 aliphatic carbocycles. The molecule has 0 aliphatic rings. The van der Waals surface area contributed by atoms with E-state index in [1.165, 1.54) is 47.8 Å². The molecule has 0 saturated carbocycles. The summed E-state index contributed by atoms with van der Waals surface area (Å²) in [7, 11) is 0. The van der Waals surface area contributed by atoms with E-state index >= 15 is 0 Å². The van der Waals surface area contributed by atoms with Gasteiger partial charge in [-0.15, -0.1) is 11.3 Å². The van der Waals surface area contributed by atoms with E-state index in [0.29, 0.717) is 17.5 Å². The second-order valence-electron chi connectivity index (χ2n) is 14.6. The molecule has 276 valence electrons. The fourth-order valence-corrected chi connectivity index (χ4v) is 9.27. The van der Waals surface area contributed by atoms with Crippen LogP contribution in [0.25, 0.3) is 110 Å². The summed E-state index contributed by atoms with van der Waals surface area (Å²) < 4.78 is 2.49. The van der Waals surface area contributed by atoms with E-state index in [9.17, 15) is 0 Å². The summed E-state index contributed by atoms with van der Waals surface area (Å²) in [6.07, 6.45) is 0. The zero-order valence-electron chi connectivity index (χ0n) is 31.8. The molecule has 0 fully saturated rings. The van der Waals surface area contributed by atoms with Crippen LogP contribution in [0.2, 0.25) is 0 Å². The Balaban J connectivity index is 1.03. The number of aromatic nitrogens is 4. The van der Waals surface area contributed by atoms with Crippen molar-refractivity contribution in [1.29, 1.82) is 0 Å². The van der Waals surface area contributed by atoms with Crippen LogP contribution in [-0.4, -0.2) is 19.9 Å². The molecule has 0 spiro atoms. The minimum Gasteiger partial charge on any atom is -0.247 e. The van der Waals surface area contributed by atoms with Crippen LogP contribution in [0, 0.1) is 0 Å². The molecular formula is C54H34N4S. The van der Waals surface area contributed by atoms with Gasteiger partial charge < -0.3 is 0 Å². The number of fused-ring (bicyclic) bond motifs is 5. The summed E-state index contributed by atoms with van der Waals surface area (Å²) in [6.45, 7) is 0. The van der Waals surface area contributed by atoms with Gasteiger partial charge >= 0.3 is 0 Å². The van der Waals surface area contributed by atoms with Gasteiger partial charge in [0.2, 0.25) is 0 Å². The Kier molecular flexibility index (Phi) is 8.64. The highest BCUT2D eigenvalue weighted by Gasteiger charge is 2.20. The van der Waals surface area contributed by atoms with E-state index in [1.807, 2.05) is 23.5 Å². The maximum Gasteiger partial charge on any atom is 0.164 e. The number of hydrogen-bond donors (Lipinski definition) is 0. The summed E-state index contributed by atoms with van der Waals surface area (Å²) >= 11 is 1.84. The first-order valence-corrected chi connectivity index (χ1v) is 20.5. The first-order valence-electron chi connectivity index (χ1n) is 19.7. The van der Waals surface area contributed by atoms with E-state index in [0.717, 1.165) is 44.6 Å². The Bertz CT molecular complexity index is 3170. The smallest absolute Gasteiger partial charge is 0.164 e. The van der Waals surface area contributed by atoms with E-state index in [-0.39, 0.29) is 0 Å². The van der Waals surface area contributed by atoms with E-state index in [1.54, 1.807) is 0 Å². The van der Waals surface area contributed by atoms with Crippen molar-refractivity contribution in [3.05, 3.63) is 206 Å². The van der Waals surface area contributed by atoms with Crippen LogP contribution in [0.4, 0.5) is 0 Å². The summed E-state index contributed by atoms with van der Waals surface area (Å²) in [5.74, 6) is 1.86. The predicted octanol–water partition coefficient (Wildman–Crippen LogP) is 14.5. The first-order chi connectivity index (χ1) is 29.2. The number of benzene rings is 8. The summed E-state index contributed by atoms with van der Waals surface area (Å²) in [5, 5.41) is 3.58. The minimum absolute atomic E-state index is 0.612. The van der Waals surface area contributed by atoms with Gasteiger partial charge in [0, 0.05) is 47.8 Å². The van der Waals surface area contributed by atoms with Gasteiger partial charge in [0.05, 0.1) is 11.2 Å². The molecule has 11 aromatic rings. The molecule has 0 unspecified atom stereocenters. The van der Waals surface area contributed by atoms with Gasteiger partial charge in [-0.3, -0.25) is 0 Å². The van der Waals surface area contributed by atoms with Crippen LogP contribution in [-0.2, 0) is 0 Å². The van der Waals surface area contributed by atoms with Crippen molar-refractivity contribution in [2.24, 2.45) is 0 Å². The quantitative estimate of drug-likeness (QED) is 0.162. The Labute approximate surface area is 345 Å². The highest BCUT2D eigenvalue weighted by Crippen LogP contribution is 2.45. The third kappa shape index (κ3) is 6.44.